The Bertz CT molecular complexity index is 1680. The lowest BCUT2D eigenvalue weighted by molar-refractivity contribution is 0.0402. The van der Waals surface area contributed by atoms with Crippen LogP contribution in [0.1, 0.15) is 13.8 Å². The molecule has 0 saturated carbocycles. The molecule has 3 aromatic heterocycles. The van der Waals surface area contributed by atoms with Gasteiger partial charge in [0.25, 0.3) is 0 Å². The molecule has 0 aliphatic rings. The molecule has 5 aromatic rings. The second-order valence-corrected chi connectivity index (χ2v) is 10.1. The van der Waals surface area contributed by atoms with Crippen LogP contribution >= 0.6 is 22.9 Å². The number of fused-ring (bicyclic) bond motifs is 2. The van der Waals surface area contributed by atoms with Crippen LogP contribution in [0.4, 0.5) is 19.3 Å². The molecule has 0 saturated heterocycles. The maximum Gasteiger partial charge on any atom is 0.412 e. The number of carbonyl (C=O) groups is 1. The first kappa shape index (κ1) is 26.5. The number of thiazole rings is 1. The number of amides is 1. The van der Waals surface area contributed by atoms with Crippen molar-refractivity contribution in [1.82, 2.24) is 15.0 Å². The van der Waals surface area contributed by atoms with Crippen molar-refractivity contribution < 1.29 is 27.8 Å². The van der Waals surface area contributed by atoms with Gasteiger partial charge in [-0.05, 0) is 44.2 Å². The summed E-state index contributed by atoms with van der Waals surface area (Å²) >= 11 is 7.70. The molecule has 0 spiro atoms. The zero-order valence-electron chi connectivity index (χ0n) is 20.9. The van der Waals surface area contributed by atoms with E-state index in [9.17, 15) is 13.6 Å². The normalized spacial score (nSPS) is 12.8. The van der Waals surface area contributed by atoms with Crippen LogP contribution in [-0.2, 0) is 4.74 Å². The number of hydrogen-bond donors (Lipinski definition) is 1. The Morgan fingerprint density at radius 1 is 1.05 bits per heavy atom. The monoisotopic (exact) mass is 570 g/mol. The maximum atomic E-state index is 15.0. The molecule has 5 rings (SSSR count). The number of nitrogens with zero attached hydrogens (tertiary/aromatic N) is 3. The van der Waals surface area contributed by atoms with E-state index < -0.39 is 30.1 Å². The Morgan fingerprint density at radius 3 is 2.62 bits per heavy atom. The SMILES string of the molecule is COc1cnc2c(-c3nc4cc(F)c(O[C@@H](C)[C@@H](C)OC(=O)Nc5ccc(F)nc5)cc4s3)cc(Cl)cc2c1. The Hall–Kier alpha value is -4.09. The third kappa shape index (κ3) is 5.84. The maximum absolute atomic E-state index is 15.0. The highest BCUT2D eigenvalue weighted by molar-refractivity contribution is 7.21. The molecule has 39 heavy (non-hydrogen) atoms. The van der Waals surface area contributed by atoms with Crippen molar-refractivity contribution in [2.24, 2.45) is 0 Å². The molecule has 0 bridgehead atoms. The van der Waals surface area contributed by atoms with Crippen molar-refractivity contribution in [2.45, 2.75) is 26.1 Å². The highest BCUT2D eigenvalue weighted by Crippen LogP contribution is 2.38. The third-order valence-electron chi connectivity index (χ3n) is 5.87. The van der Waals surface area contributed by atoms with Gasteiger partial charge in [-0.2, -0.15) is 4.39 Å². The van der Waals surface area contributed by atoms with Crippen molar-refractivity contribution in [2.75, 3.05) is 12.4 Å². The lowest BCUT2D eigenvalue weighted by Gasteiger charge is -2.22. The summed E-state index contributed by atoms with van der Waals surface area (Å²) in [4.78, 5) is 24.8. The smallest absolute Gasteiger partial charge is 0.412 e. The number of carbonyl (C=O) groups excluding carboxylic acids is 1. The second kappa shape index (κ2) is 11.0. The average Bonchev–Trinajstić information content (AvgIpc) is 3.31. The molecule has 1 N–H and O–H groups in total. The van der Waals surface area contributed by atoms with Gasteiger partial charge in [-0.15, -0.1) is 11.3 Å². The van der Waals surface area contributed by atoms with Gasteiger partial charge in [0.2, 0.25) is 5.95 Å². The van der Waals surface area contributed by atoms with Crippen LogP contribution in [0.3, 0.4) is 0 Å². The van der Waals surface area contributed by atoms with Crippen LogP contribution < -0.4 is 14.8 Å². The summed E-state index contributed by atoms with van der Waals surface area (Å²) in [5.41, 5.74) is 2.11. The fraction of sp³-hybridized carbons (Fsp3) is 0.185. The number of aromatic nitrogens is 3. The van der Waals surface area contributed by atoms with E-state index in [1.54, 1.807) is 45.4 Å². The largest absolute Gasteiger partial charge is 0.495 e. The molecule has 2 atom stereocenters. The average molecular weight is 571 g/mol. The number of hydrogen-bond acceptors (Lipinski definition) is 8. The van der Waals surface area contributed by atoms with Gasteiger partial charge in [-0.25, -0.2) is 19.2 Å². The van der Waals surface area contributed by atoms with E-state index in [0.29, 0.717) is 37.1 Å². The van der Waals surface area contributed by atoms with E-state index in [1.165, 1.54) is 23.5 Å². The van der Waals surface area contributed by atoms with Crippen LogP contribution in [0.5, 0.6) is 11.5 Å². The minimum atomic E-state index is -0.783. The van der Waals surface area contributed by atoms with Crippen LogP contribution in [0, 0.1) is 11.8 Å². The topological polar surface area (TPSA) is 95.5 Å². The lowest BCUT2D eigenvalue weighted by Crippen LogP contribution is -2.32. The van der Waals surface area contributed by atoms with Gasteiger partial charge >= 0.3 is 6.09 Å². The van der Waals surface area contributed by atoms with E-state index >= 15 is 0 Å². The van der Waals surface area contributed by atoms with Gasteiger partial charge in [0.1, 0.15) is 23.0 Å². The van der Waals surface area contributed by atoms with Crippen LogP contribution in [0.2, 0.25) is 5.02 Å². The fourth-order valence-electron chi connectivity index (χ4n) is 3.76. The number of methoxy groups -OCH3 is 1. The molecule has 0 aliphatic carbocycles. The first-order valence-corrected chi connectivity index (χ1v) is 12.9. The van der Waals surface area contributed by atoms with Gasteiger partial charge in [0.05, 0.1) is 40.9 Å². The molecule has 3 heterocycles. The summed E-state index contributed by atoms with van der Waals surface area (Å²) in [5.74, 6) is -0.697. The minimum absolute atomic E-state index is 0.0115. The summed E-state index contributed by atoms with van der Waals surface area (Å²) in [5, 5.41) is 4.35. The summed E-state index contributed by atoms with van der Waals surface area (Å²) in [6, 6.07) is 10.7. The number of nitrogens with one attached hydrogen (secondary N) is 1. The molecule has 0 radical (unpaired) electrons. The van der Waals surface area contributed by atoms with E-state index in [-0.39, 0.29) is 11.4 Å². The van der Waals surface area contributed by atoms with Gasteiger partial charge in [-0.3, -0.25) is 10.3 Å². The summed E-state index contributed by atoms with van der Waals surface area (Å²) in [6.45, 7) is 3.26. The van der Waals surface area contributed by atoms with Crippen molar-refractivity contribution in [3.63, 3.8) is 0 Å². The molecule has 0 aliphatic heterocycles. The Labute approximate surface area is 230 Å². The summed E-state index contributed by atoms with van der Waals surface area (Å²) in [6.07, 6.45) is 0.548. The molecule has 0 unspecified atom stereocenters. The van der Waals surface area contributed by atoms with E-state index in [4.69, 9.17) is 25.8 Å². The number of halogens is 3. The van der Waals surface area contributed by atoms with Gasteiger partial charge in [-0.1, -0.05) is 11.6 Å². The molecule has 200 valence electrons. The van der Waals surface area contributed by atoms with E-state index in [0.717, 1.165) is 17.6 Å². The quantitative estimate of drug-likeness (QED) is 0.206. The Balaban J connectivity index is 1.34. The number of anilines is 1. The fourth-order valence-corrected chi connectivity index (χ4v) is 4.98. The van der Waals surface area contributed by atoms with Crippen molar-refractivity contribution in [3.8, 4) is 22.1 Å². The van der Waals surface area contributed by atoms with Crippen LogP contribution in [0.15, 0.2) is 54.9 Å². The standard InChI is InChI=1S/C27H21ClF2N4O4S/c1-13(14(2)38-27(35)33-17-4-5-24(30)31-11-17)37-22-10-23-21(9-20(22)29)34-26(39-23)19-8-16(28)6-15-7-18(36-3)12-32-25(15)19/h4-14H,1-3H3,(H,33,35)/t13-,14+/m0/s1. The van der Waals surface area contributed by atoms with E-state index in [2.05, 4.69) is 20.3 Å². The van der Waals surface area contributed by atoms with Crippen molar-refractivity contribution in [1.29, 1.82) is 0 Å². The van der Waals surface area contributed by atoms with Gasteiger partial charge in [0, 0.05) is 28.1 Å². The predicted molar refractivity (Wildman–Crippen MR) is 146 cm³/mol. The van der Waals surface area contributed by atoms with Crippen molar-refractivity contribution in [3.05, 3.63) is 71.6 Å². The summed E-state index contributed by atoms with van der Waals surface area (Å²) in [7, 11) is 1.56. The molecular weight excluding hydrogens is 550 g/mol. The van der Waals surface area contributed by atoms with Crippen LogP contribution in [0.25, 0.3) is 31.7 Å². The Morgan fingerprint density at radius 2 is 1.87 bits per heavy atom. The molecule has 12 heteroatoms. The number of benzene rings is 2. The zero-order valence-corrected chi connectivity index (χ0v) is 22.4. The highest BCUT2D eigenvalue weighted by Gasteiger charge is 2.22. The second-order valence-electron chi connectivity index (χ2n) is 8.60. The van der Waals surface area contributed by atoms with Gasteiger partial charge in [0.15, 0.2) is 11.6 Å². The molecular formula is C27H21ClF2N4O4S. The third-order valence-corrected chi connectivity index (χ3v) is 7.14. The van der Waals surface area contributed by atoms with Crippen molar-refractivity contribution >= 4 is 55.8 Å². The molecule has 1 amide bonds. The Kier molecular flexibility index (Phi) is 7.45. The lowest BCUT2D eigenvalue weighted by atomic mass is 10.1. The predicted octanol–water partition coefficient (Wildman–Crippen LogP) is 7.25. The molecule has 0 fully saturated rings. The first-order chi connectivity index (χ1) is 18.7. The van der Waals surface area contributed by atoms with E-state index in [1.807, 2.05) is 6.07 Å². The minimum Gasteiger partial charge on any atom is -0.495 e. The summed E-state index contributed by atoms with van der Waals surface area (Å²) < 4.78 is 45.0. The first-order valence-electron chi connectivity index (χ1n) is 11.7. The highest BCUT2D eigenvalue weighted by atomic mass is 35.5. The van der Waals surface area contributed by atoms with Crippen LogP contribution in [-0.4, -0.2) is 40.4 Å². The number of ether oxygens (including phenoxy) is 3. The van der Waals surface area contributed by atoms with Gasteiger partial charge < -0.3 is 14.2 Å². The molecule has 2 aromatic carbocycles. The number of pyridine rings is 2. The zero-order chi connectivity index (χ0) is 27.7. The number of rotatable bonds is 7. The molecule has 8 nitrogen and oxygen atoms in total.